The Kier molecular flexibility index (Phi) is 8.01. The Morgan fingerprint density at radius 2 is 1.73 bits per heavy atom. The Labute approximate surface area is 197 Å². The van der Waals surface area contributed by atoms with Crippen LogP contribution in [0.15, 0.2) is 48.5 Å². The molecule has 0 bridgehead atoms. The zero-order chi connectivity index (χ0) is 24.0. The first-order valence-corrected chi connectivity index (χ1v) is 11.8. The van der Waals surface area contributed by atoms with Gasteiger partial charge in [-0.25, -0.2) is 0 Å². The summed E-state index contributed by atoms with van der Waals surface area (Å²) in [6, 6.07) is 15.2. The molecule has 6 nitrogen and oxygen atoms in total. The van der Waals surface area contributed by atoms with E-state index in [9.17, 15) is 9.59 Å². The molecule has 1 aliphatic heterocycles. The summed E-state index contributed by atoms with van der Waals surface area (Å²) in [4.78, 5) is 27.3. The Bertz CT molecular complexity index is 941. The quantitative estimate of drug-likeness (QED) is 0.668. The topological polar surface area (TPSA) is 67.9 Å². The third-order valence-electron chi connectivity index (χ3n) is 5.92. The number of piperidine rings is 1. The highest BCUT2D eigenvalue weighted by molar-refractivity contribution is 5.94. The smallest absolute Gasteiger partial charge is 0.260 e. The van der Waals surface area contributed by atoms with Gasteiger partial charge in [-0.05, 0) is 74.1 Å². The summed E-state index contributed by atoms with van der Waals surface area (Å²) in [5.74, 6) is 1.34. The minimum atomic E-state index is -0.594. The van der Waals surface area contributed by atoms with Crippen molar-refractivity contribution in [1.82, 2.24) is 10.2 Å². The number of benzene rings is 2. The van der Waals surface area contributed by atoms with Gasteiger partial charge in [-0.15, -0.1) is 0 Å². The Morgan fingerprint density at radius 1 is 1.06 bits per heavy atom. The number of carbonyl (C=O) groups excluding carboxylic acids is 2. The summed E-state index contributed by atoms with van der Waals surface area (Å²) in [5, 5.41) is 3.09. The van der Waals surface area contributed by atoms with Crippen molar-refractivity contribution < 1.29 is 19.1 Å². The van der Waals surface area contributed by atoms with Crippen LogP contribution in [0.2, 0.25) is 0 Å². The van der Waals surface area contributed by atoms with Crippen LogP contribution in [0.3, 0.4) is 0 Å². The number of ether oxygens (including phenoxy) is 2. The number of hydrogen-bond acceptors (Lipinski definition) is 4. The average molecular weight is 453 g/mol. The fourth-order valence-electron chi connectivity index (χ4n) is 3.88. The SMILES string of the molecule is CCOc1ccc(C(=O)N2CCC(NC(=O)C(C)Oc3cccc(C(C)(C)C)c3)CC2)cc1. The van der Waals surface area contributed by atoms with Crippen LogP contribution in [-0.2, 0) is 10.2 Å². The highest BCUT2D eigenvalue weighted by Gasteiger charge is 2.26. The largest absolute Gasteiger partial charge is 0.494 e. The molecule has 1 atom stereocenters. The highest BCUT2D eigenvalue weighted by Crippen LogP contribution is 2.26. The van der Waals surface area contributed by atoms with Crippen molar-refractivity contribution >= 4 is 11.8 Å². The van der Waals surface area contributed by atoms with Crippen LogP contribution >= 0.6 is 0 Å². The molecular formula is C27H36N2O4. The molecule has 0 aromatic heterocycles. The Hall–Kier alpha value is -3.02. The van der Waals surface area contributed by atoms with Gasteiger partial charge in [-0.3, -0.25) is 9.59 Å². The summed E-state index contributed by atoms with van der Waals surface area (Å²) in [6.45, 7) is 12.0. The van der Waals surface area contributed by atoms with Gasteiger partial charge in [0.05, 0.1) is 6.61 Å². The molecule has 1 aliphatic rings. The van der Waals surface area contributed by atoms with E-state index in [-0.39, 0.29) is 23.3 Å². The highest BCUT2D eigenvalue weighted by atomic mass is 16.5. The van der Waals surface area contributed by atoms with E-state index in [1.807, 2.05) is 42.2 Å². The van der Waals surface area contributed by atoms with Crippen molar-refractivity contribution in [3.8, 4) is 11.5 Å². The number of rotatable bonds is 7. The number of carbonyl (C=O) groups is 2. The minimum absolute atomic E-state index is 0.0123. The second-order valence-electron chi connectivity index (χ2n) is 9.57. The van der Waals surface area contributed by atoms with Crippen LogP contribution in [-0.4, -0.2) is 48.6 Å². The molecule has 1 heterocycles. The fraction of sp³-hybridized carbons (Fsp3) is 0.481. The van der Waals surface area contributed by atoms with Crippen LogP contribution in [0.1, 0.15) is 63.4 Å². The molecule has 178 valence electrons. The Balaban J connectivity index is 1.48. The average Bonchev–Trinajstić information content (AvgIpc) is 2.79. The van der Waals surface area contributed by atoms with Gasteiger partial charge < -0.3 is 19.7 Å². The van der Waals surface area contributed by atoms with Crippen molar-refractivity contribution in [2.75, 3.05) is 19.7 Å². The molecule has 0 radical (unpaired) electrons. The lowest BCUT2D eigenvalue weighted by Crippen LogP contribution is -2.49. The van der Waals surface area contributed by atoms with Crippen molar-refractivity contribution in [2.24, 2.45) is 0 Å². The zero-order valence-corrected chi connectivity index (χ0v) is 20.4. The van der Waals surface area contributed by atoms with E-state index in [1.54, 1.807) is 19.1 Å². The first-order valence-electron chi connectivity index (χ1n) is 11.8. The van der Waals surface area contributed by atoms with Crippen LogP contribution in [0, 0.1) is 0 Å². The standard InChI is InChI=1S/C27H36N2O4/c1-6-32-23-12-10-20(11-13-23)26(31)29-16-14-22(15-17-29)28-25(30)19(2)33-24-9-7-8-21(18-24)27(3,4)5/h7-13,18-19,22H,6,14-17H2,1-5H3,(H,28,30). The fourth-order valence-corrected chi connectivity index (χ4v) is 3.88. The third-order valence-corrected chi connectivity index (χ3v) is 5.92. The molecule has 6 heteroatoms. The van der Waals surface area contributed by atoms with Crippen molar-refractivity contribution in [1.29, 1.82) is 0 Å². The van der Waals surface area contributed by atoms with Crippen LogP contribution in [0.25, 0.3) is 0 Å². The van der Waals surface area contributed by atoms with Gasteiger partial charge in [0.25, 0.3) is 11.8 Å². The molecule has 0 saturated carbocycles. The van der Waals surface area contributed by atoms with Crippen LogP contribution in [0.4, 0.5) is 0 Å². The van der Waals surface area contributed by atoms with Gasteiger partial charge in [-0.2, -0.15) is 0 Å². The van der Waals surface area contributed by atoms with Gasteiger partial charge >= 0.3 is 0 Å². The molecule has 3 rings (SSSR count). The normalized spacial score (nSPS) is 15.6. The summed E-state index contributed by atoms with van der Waals surface area (Å²) >= 11 is 0. The maximum Gasteiger partial charge on any atom is 0.260 e. The van der Waals surface area contributed by atoms with Crippen molar-refractivity contribution in [3.63, 3.8) is 0 Å². The molecule has 1 N–H and O–H groups in total. The first-order chi connectivity index (χ1) is 15.7. The maximum atomic E-state index is 12.8. The van der Waals surface area contributed by atoms with E-state index in [0.717, 1.165) is 24.2 Å². The van der Waals surface area contributed by atoms with Gasteiger partial charge in [0.15, 0.2) is 6.10 Å². The molecule has 2 aromatic carbocycles. The molecule has 2 amide bonds. The monoisotopic (exact) mass is 452 g/mol. The number of nitrogens with zero attached hydrogens (tertiary/aromatic N) is 1. The first kappa shape index (κ1) is 24.6. The Morgan fingerprint density at radius 3 is 2.33 bits per heavy atom. The number of hydrogen-bond donors (Lipinski definition) is 1. The molecule has 2 aromatic rings. The molecule has 1 fully saturated rings. The third kappa shape index (κ3) is 6.73. The molecule has 1 saturated heterocycles. The number of amides is 2. The van der Waals surface area contributed by atoms with E-state index in [2.05, 4.69) is 32.2 Å². The van der Waals surface area contributed by atoms with Gasteiger partial charge in [-0.1, -0.05) is 32.9 Å². The lowest BCUT2D eigenvalue weighted by Gasteiger charge is -2.33. The van der Waals surface area contributed by atoms with E-state index in [4.69, 9.17) is 9.47 Å². The van der Waals surface area contributed by atoms with E-state index >= 15 is 0 Å². The molecular weight excluding hydrogens is 416 g/mol. The predicted octanol–water partition coefficient (Wildman–Crippen LogP) is 4.57. The van der Waals surface area contributed by atoms with E-state index in [0.29, 0.717) is 31.0 Å². The summed E-state index contributed by atoms with van der Waals surface area (Å²) in [7, 11) is 0. The number of likely N-dealkylation sites (tertiary alicyclic amines) is 1. The zero-order valence-electron chi connectivity index (χ0n) is 20.4. The van der Waals surface area contributed by atoms with E-state index < -0.39 is 6.10 Å². The van der Waals surface area contributed by atoms with Crippen molar-refractivity contribution in [3.05, 3.63) is 59.7 Å². The maximum absolute atomic E-state index is 12.8. The molecule has 0 aliphatic carbocycles. The molecule has 0 spiro atoms. The van der Waals surface area contributed by atoms with Crippen molar-refractivity contribution in [2.45, 2.75) is 65.0 Å². The summed E-state index contributed by atoms with van der Waals surface area (Å²) in [5.41, 5.74) is 1.83. The number of nitrogens with one attached hydrogen (secondary N) is 1. The van der Waals surface area contributed by atoms with Gasteiger partial charge in [0.1, 0.15) is 11.5 Å². The van der Waals surface area contributed by atoms with Crippen LogP contribution in [0.5, 0.6) is 11.5 Å². The second-order valence-corrected chi connectivity index (χ2v) is 9.57. The van der Waals surface area contributed by atoms with E-state index in [1.165, 1.54) is 0 Å². The molecule has 33 heavy (non-hydrogen) atoms. The lowest BCUT2D eigenvalue weighted by atomic mass is 9.87. The van der Waals surface area contributed by atoms with Gasteiger partial charge in [0.2, 0.25) is 0 Å². The minimum Gasteiger partial charge on any atom is -0.494 e. The molecule has 1 unspecified atom stereocenters. The van der Waals surface area contributed by atoms with Crippen LogP contribution < -0.4 is 14.8 Å². The predicted molar refractivity (Wildman–Crippen MR) is 130 cm³/mol. The summed E-state index contributed by atoms with van der Waals surface area (Å²) in [6.07, 6.45) is 0.852. The lowest BCUT2D eigenvalue weighted by molar-refractivity contribution is -0.128. The second kappa shape index (κ2) is 10.7. The van der Waals surface area contributed by atoms with Gasteiger partial charge in [0, 0.05) is 24.7 Å². The summed E-state index contributed by atoms with van der Waals surface area (Å²) < 4.78 is 11.3.